The molecule has 0 spiro atoms. The maximum atomic E-state index is 12.2. The lowest BCUT2D eigenvalue weighted by Crippen LogP contribution is -2.38. The molecule has 0 saturated carbocycles. The first-order valence-electron chi connectivity index (χ1n) is 8.99. The number of terminal acetylenes is 1. The highest BCUT2D eigenvalue weighted by Gasteiger charge is 2.34. The number of carbonyl (C=O) groups is 2. The predicted octanol–water partition coefficient (Wildman–Crippen LogP) is 2.38. The fourth-order valence-corrected chi connectivity index (χ4v) is 3.06. The molecule has 152 valence electrons. The number of hydrogen-bond donors (Lipinski definition) is 2. The van der Waals surface area contributed by atoms with Gasteiger partial charge in [0, 0.05) is 25.3 Å². The molecule has 2 amide bonds. The minimum Gasteiger partial charge on any atom is -0.376 e. The summed E-state index contributed by atoms with van der Waals surface area (Å²) in [5, 5.41) is 4.61. The van der Waals surface area contributed by atoms with Gasteiger partial charge in [-0.05, 0) is 12.0 Å². The van der Waals surface area contributed by atoms with Crippen molar-refractivity contribution in [2.24, 2.45) is 5.92 Å². The minimum absolute atomic E-state index is 0.0357. The van der Waals surface area contributed by atoms with Crippen molar-refractivity contribution in [3.8, 4) is 12.3 Å². The number of ether oxygens (including phenoxy) is 1. The molecule has 0 radical (unpaired) electrons. The molecule has 28 heavy (non-hydrogen) atoms. The van der Waals surface area contributed by atoms with E-state index in [0.29, 0.717) is 6.42 Å². The van der Waals surface area contributed by atoms with Crippen molar-refractivity contribution in [1.29, 1.82) is 0 Å². The highest BCUT2D eigenvalue weighted by molar-refractivity contribution is 5.79. The summed E-state index contributed by atoms with van der Waals surface area (Å²) in [5.74, 6) is 0.943. The predicted molar refractivity (Wildman–Crippen MR) is 97.2 cm³/mol. The van der Waals surface area contributed by atoms with Crippen molar-refractivity contribution in [3.05, 3.63) is 35.9 Å². The second-order valence-corrected chi connectivity index (χ2v) is 6.75. The van der Waals surface area contributed by atoms with Gasteiger partial charge in [-0.2, -0.15) is 13.2 Å². The zero-order chi connectivity index (χ0) is 20.6. The summed E-state index contributed by atoms with van der Waals surface area (Å²) in [6.07, 6.45) is 1.45. The number of rotatable bonds is 8. The third-order valence-corrected chi connectivity index (χ3v) is 4.51. The van der Waals surface area contributed by atoms with E-state index in [1.54, 1.807) is 0 Å². The van der Waals surface area contributed by atoms with Gasteiger partial charge in [-0.15, -0.1) is 12.3 Å². The molecule has 5 nitrogen and oxygen atoms in total. The number of carbonyl (C=O) groups excluding carboxylic acids is 2. The molecular weight excluding hydrogens is 373 g/mol. The first kappa shape index (κ1) is 21.8. The van der Waals surface area contributed by atoms with Crippen LogP contribution in [-0.2, 0) is 14.3 Å². The third-order valence-electron chi connectivity index (χ3n) is 4.51. The lowest BCUT2D eigenvalue weighted by atomic mass is 9.92. The van der Waals surface area contributed by atoms with Gasteiger partial charge in [0.1, 0.15) is 6.54 Å². The Balaban J connectivity index is 1.75. The summed E-state index contributed by atoms with van der Waals surface area (Å²) >= 11 is 0. The smallest absolute Gasteiger partial charge is 0.376 e. The normalized spacial score (nSPS) is 20.2. The average molecular weight is 396 g/mol. The van der Waals surface area contributed by atoms with E-state index in [-0.39, 0.29) is 37.8 Å². The van der Waals surface area contributed by atoms with Gasteiger partial charge in [0.05, 0.1) is 18.6 Å². The summed E-state index contributed by atoms with van der Waals surface area (Å²) in [6.45, 7) is -1.13. The van der Waals surface area contributed by atoms with E-state index in [4.69, 9.17) is 11.2 Å². The molecular formula is C20H23F3N2O3. The molecule has 0 aromatic heterocycles. The van der Waals surface area contributed by atoms with E-state index in [2.05, 4.69) is 11.2 Å². The molecule has 1 saturated heterocycles. The zero-order valence-electron chi connectivity index (χ0n) is 15.3. The highest BCUT2D eigenvalue weighted by Crippen LogP contribution is 2.23. The molecule has 2 N–H and O–H groups in total. The average Bonchev–Trinajstić information content (AvgIpc) is 3.13. The minimum atomic E-state index is -4.45. The zero-order valence-corrected chi connectivity index (χ0v) is 15.3. The monoisotopic (exact) mass is 396 g/mol. The summed E-state index contributed by atoms with van der Waals surface area (Å²) < 4.78 is 41.9. The lowest BCUT2D eigenvalue weighted by Gasteiger charge is -2.16. The van der Waals surface area contributed by atoms with E-state index in [1.807, 2.05) is 35.6 Å². The van der Waals surface area contributed by atoms with Crippen molar-refractivity contribution in [3.63, 3.8) is 0 Å². The summed E-state index contributed by atoms with van der Waals surface area (Å²) in [7, 11) is 0. The number of benzene rings is 1. The Morgan fingerprint density at radius 3 is 2.61 bits per heavy atom. The van der Waals surface area contributed by atoms with E-state index in [1.165, 1.54) is 0 Å². The third kappa shape index (κ3) is 7.24. The Morgan fingerprint density at radius 1 is 1.25 bits per heavy atom. The van der Waals surface area contributed by atoms with Crippen LogP contribution in [0.4, 0.5) is 13.2 Å². The van der Waals surface area contributed by atoms with Crippen LogP contribution < -0.4 is 10.6 Å². The van der Waals surface area contributed by atoms with Gasteiger partial charge in [-0.25, -0.2) is 0 Å². The van der Waals surface area contributed by atoms with E-state index < -0.39 is 30.7 Å². The number of alkyl halides is 3. The Kier molecular flexibility index (Phi) is 7.88. The van der Waals surface area contributed by atoms with Crippen LogP contribution in [0, 0.1) is 18.3 Å². The van der Waals surface area contributed by atoms with Crippen molar-refractivity contribution < 1.29 is 27.5 Å². The number of amides is 2. The molecule has 1 aliphatic rings. The van der Waals surface area contributed by atoms with Crippen LogP contribution in [0.15, 0.2) is 30.3 Å². The van der Waals surface area contributed by atoms with Crippen LogP contribution in [0.3, 0.4) is 0 Å². The lowest BCUT2D eigenvalue weighted by molar-refractivity contribution is -0.140. The van der Waals surface area contributed by atoms with Crippen LogP contribution in [0.25, 0.3) is 0 Å². The molecule has 1 heterocycles. The van der Waals surface area contributed by atoms with Gasteiger partial charge in [0.2, 0.25) is 11.8 Å². The Bertz CT molecular complexity index is 701. The molecule has 1 aliphatic heterocycles. The maximum absolute atomic E-state index is 12.2. The second kappa shape index (κ2) is 10.1. The van der Waals surface area contributed by atoms with Crippen LogP contribution in [0.1, 0.15) is 30.7 Å². The Labute approximate surface area is 162 Å². The van der Waals surface area contributed by atoms with Crippen molar-refractivity contribution in [1.82, 2.24) is 10.6 Å². The standard InChI is InChI=1S/C20H23F3N2O3/c1-2-6-15(14-7-4-3-5-8-14)10-18(26)24-11-17-9-16(12-28-17)19(27)25-13-20(21,22)23/h1,3-5,7-8,15-17H,6,9-13H2,(H,24,26)(H,25,27)/t15?,16-,17-/m0/s1. The summed E-state index contributed by atoms with van der Waals surface area (Å²) in [6, 6.07) is 9.48. The van der Waals surface area contributed by atoms with E-state index in [9.17, 15) is 22.8 Å². The summed E-state index contributed by atoms with van der Waals surface area (Å²) in [5.41, 5.74) is 0.981. The van der Waals surface area contributed by atoms with Crippen molar-refractivity contribution in [2.45, 2.75) is 37.5 Å². The molecule has 1 fully saturated rings. The fraction of sp³-hybridized carbons (Fsp3) is 0.500. The number of halogens is 3. The Hall–Kier alpha value is -2.53. The van der Waals surface area contributed by atoms with E-state index >= 15 is 0 Å². The second-order valence-electron chi connectivity index (χ2n) is 6.75. The van der Waals surface area contributed by atoms with Crippen molar-refractivity contribution >= 4 is 11.8 Å². The molecule has 3 atom stereocenters. The largest absolute Gasteiger partial charge is 0.405 e. The van der Waals surface area contributed by atoms with E-state index in [0.717, 1.165) is 5.56 Å². The number of hydrogen-bond acceptors (Lipinski definition) is 3. The first-order valence-corrected chi connectivity index (χ1v) is 8.99. The quantitative estimate of drug-likeness (QED) is 0.663. The van der Waals surface area contributed by atoms with Gasteiger partial charge >= 0.3 is 6.18 Å². The van der Waals surface area contributed by atoms with Crippen LogP contribution in [0.2, 0.25) is 0 Å². The highest BCUT2D eigenvalue weighted by atomic mass is 19.4. The molecule has 8 heteroatoms. The van der Waals surface area contributed by atoms with Gasteiger partial charge in [0.15, 0.2) is 0 Å². The SMILES string of the molecule is C#CCC(CC(=O)NC[C@@H]1C[C@H](C(=O)NCC(F)(F)F)CO1)c1ccccc1. The fourth-order valence-electron chi connectivity index (χ4n) is 3.06. The van der Waals surface area contributed by atoms with Gasteiger partial charge in [-0.3, -0.25) is 9.59 Å². The van der Waals surface area contributed by atoms with Gasteiger partial charge < -0.3 is 15.4 Å². The molecule has 1 aromatic carbocycles. The molecule has 0 aliphatic carbocycles. The van der Waals surface area contributed by atoms with Crippen molar-refractivity contribution in [2.75, 3.05) is 19.7 Å². The first-order chi connectivity index (χ1) is 13.3. The summed E-state index contributed by atoms with van der Waals surface area (Å²) in [4.78, 5) is 24.0. The molecule has 1 unspecified atom stereocenters. The van der Waals surface area contributed by atoms with Gasteiger partial charge in [0.25, 0.3) is 0 Å². The Morgan fingerprint density at radius 2 is 1.96 bits per heavy atom. The van der Waals surface area contributed by atoms with Crippen LogP contribution in [0.5, 0.6) is 0 Å². The maximum Gasteiger partial charge on any atom is 0.405 e. The molecule has 1 aromatic rings. The molecule has 2 rings (SSSR count). The molecule has 0 bridgehead atoms. The van der Waals surface area contributed by atoms with Crippen LogP contribution in [-0.4, -0.2) is 43.8 Å². The number of nitrogens with one attached hydrogen (secondary N) is 2. The topological polar surface area (TPSA) is 67.4 Å². The van der Waals surface area contributed by atoms with Crippen LogP contribution >= 0.6 is 0 Å². The van der Waals surface area contributed by atoms with Gasteiger partial charge in [-0.1, -0.05) is 30.3 Å².